The molecule has 0 radical (unpaired) electrons. The van der Waals surface area contributed by atoms with Gasteiger partial charge in [0.2, 0.25) is 0 Å². The van der Waals surface area contributed by atoms with Crippen molar-refractivity contribution in [1.29, 1.82) is 0 Å². The highest BCUT2D eigenvalue weighted by atomic mass is 79.9. The largest absolute Gasteiger partial charge is 0.157 e. The lowest BCUT2D eigenvalue weighted by Crippen LogP contribution is -1.71. The Bertz CT molecular complexity index is 434. The summed E-state index contributed by atoms with van der Waals surface area (Å²) >= 11 is 7.38. The lowest BCUT2D eigenvalue weighted by Gasteiger charge is -1.91. The molecule has 0 fully saturated rings. The van der Waals surface area contributed by atoms with Crippen LogP contribution in [0.2, 0.25) is 0 Å². The SMILES string of the molecule is CCSCc1cc2cc(Br)ccc2s1. The summed E-state index contributed by atoms with van der Waals surface area (Å²) in [6.07, 6.45) is 0. The smallest absolute Gasteiger partial charge is 0.0346 e. The summed E-state index contributed by atoms with van der Waals surface area (Å²) in [7, 11) is 0. The third-order valence-corrected chi connectivity index (χ3v) is 4.69. The maximum atomic E-state index is 3.49. The number of thioether (sulfide) groups is 1. The van der Waals surface area contributed by atoms with E-state index in [0.29, 0.717) is 0 Å². The van der Waals surface area contributed by atoms with E-state index in [4.69, 9.17) is 0 Å². The normalized spacial score (nSPS) is 11.0. The van der Waals surface area contributed by atoms with E-state index in [1.807, 2.05) is 23.1 Å². The van der Waals surface area contributed by atoms with Gasteiger partial charge in [-0.05, 0) is 35.4 Å². The second-order valence-corrected chi connectivity index (χ2v) is 6.39. The van der Waals surface area contributed by atoms with Crippen LogP contribution >= 0.6 is 39.0 Å². The predicted octanol–water partition coefficient (Wildman–Crippen LogP) is 4.92. The fourth-order valence-corrected chi connectivity index (χ4v) is 3.54. The van der Waals surface area contributed by atoms with Crippen molar-refractivity contribution in [2.75, 3.05) is 5.75 Å². The van der Waals surface area contributed by atoms with Crippen molar-refractivity contribution in [1.82, 2.24) is 0 Å². The Labute approximate surface area is 101 Å². The topological polar surface area (TPSA) is 0 Å². The third kappa shape index (κ3) is 2.33. The van der Waals surface area contributed by atoms with Gasteiger partial charge in [0, 0.05) is 19.8 Å². The molecule has 14 heavy (non-hydrogen) atoms. The van der Waals surface area contributed by atoms with Crippen molar-refractivity contribution in [2.45, 2.75) is 12.7 Å². The van der Waals surface area contributed by atoms with E-state index in [9.17, 15) is 0 Å². The summed E-state index contributed by atoms with van der Waals surface area (Å²) < 4.78 is 2.55. The molecule has 0 unspecified atom stereocenters. The fourth-order valence-electron chi connectivity index (χ4n) is 1.34. The molecule has 1 aromatic heterocycles. The average molecular weight is 287 g/mol. The number of rotatable bonds is 3. The van der Waals surface area contributed by atoms with Gasteiger partial charge in [-0.2, -0.15) is 11.8 Å². The molecule has 0 amide bonds. The van der Waals surface area contributed by atoms with E-state index < -0.39 is 0 Å². The van der Waals surface area contributed by atoms with E-state index in [-0.39, 0.29) is 0 Å². The van der Waals surface area contributed by atoms with Crippen LogP contribution in [0.15, 0.2) is 28.7 Å². The molecule has 0 N–H and O–H groups in total. The van der Waals surface area contributed by atoms with E-state index in [2.05, 4.69) is 47.1 Å². The zero-order valence-electron chi connectivity index (χ0n) is 7.92. The highest BCUT2D eigenvalue weighted by molar-refractivity contribution is 9.10. The Balaban J connectivity index is 2.32. The van der Waals surface area contributed by atoms with Gasteiger partial charge in [-0.3, -0.25) is 0 Å². The number of benzene rings is 1. The fraction of sp³-hybridized carbons (Fsp3) is 0.273. The number of thiophene rings is 1. The lowest BCUT2D eigenvalue weighted by molar-refractivity contribution is 1.47. The van der Waals surface area contributed by atoms with Gasteiger partial charge in [0.25, 0.3) is 0 Å². The molecule has 2 rings (SSSR count). The van der Waals surface area contributed by atoms with Crippen LogP contribution in [0.25, 0.3) is 10.1 Å². The maximum absolute atomic E-state index is 3.49. The van der Waals surface area contributed by atoms with Crippen molar-refractivity contribution in [3.05, 3.63) is 33.6 Å². The minimum atomic E-state index is 1.15. The summed E-state index contributed by atoms with van der Waals surface area (Å²) in [6, 6.07) is 8.78. The Hall–Kier alpha value is 0.01000. The minimum Gasteiger partial charge on any atom is -0.157 e. The van der Waals surface area contributed by atoms with E-state index in [0.717, 1.165) is 10.2 Å². The molecule has 1 aromatic carbocycles. The second-order valence-electron chi connectivity index (χ2n) is 3.03. The molecule has 0 atom stereocenters. The van der Waals surface area contributed by atoms with Crippen LogP contribution < -0.4 is 0 Å². The van der Waals surface area contributed by atoms with Gasteiger partial charge in [0.1, 0.15) is 0 Å². The predicted molar refractivity (Wildman–Crippen MR) is 71.4 cm³/mol. The molecular weight excluding hydrogens is 276 g/mol. The molecule has 0 saturated carbocycles. The third-order valence-electron chi connectivity index (χ3n) is 1.98. The number of hydrogen-bond acceptors (Lipinski definition) is 2. The molecule has 1 heterocycles. The molecule has 0 aliphatic rings. The van der Waals surface area contributed by atoms with Crippen molar-refractivity contribution in [2.24, 2.45) is 0 Å². The highest BCUT2D eigenvalue weighted by Crippen LogP contribution is 2.30. The summed E-state index contributed by atoms with van der Waals surface area (Å²) in [4.78, 5) is 1.48. The van der Waals surface area contributed by atoms with Crippen LogP contribution in [-0.4, -0.2) is 5.75 Å². The monoisotopic (exact) mass is 286 g/mol. The Morgan fingerprint density at radius 1 is 1.36 bits per heavy atom. The summed E-state index contributed by atoms with van der Waals surface area (Å²) in [6.45, 7) is 2.20. The molecule has 3 heteroatoms. The van der Waals surface area contributed by atoms with Crippen molar-refractivity contribution in [3.8, 4) is 0 Å². The molecule has 0 spiro atoms. The number of halogens is 1. The summed E-state index contributed by atoms with van der Waals surface area (Å²) in [5.74, 6) is 2.34. The second kappa shape index (κ2) is 4.69. The Morgan fingerprint density at radius 3 is 3.00 bits per heavy atom. The number of fused-ring (bicyclic) bond motifs is 1. The van der Waals surface area contributed by atoms with Gasteiger partial charge in [-0.1, -0.05) is 22.9 Å². The van der Waals surface area contributed by atoms with Crippen LogP contribution in [-0.2, 0) is 5.75 Å². The van der Waals surface area contributed by atoms with Gasteiger partial charge < -0.3 is 0 Å². The van der Waals surface area contributed by atoms with E-state index in [1.54, 1.807) is 0 Å². The quantitative estimate of drug-likeness (QED) is 0.772. The van der Waals surface area contributed by atoms with Crippen LogP contribution in [0.3, 0.4) is 0 Å². The molecule has 0 saturated heterocycles. The van der Waals surface area contributed by atoms with Crippen molar-refractivity contribution >= 4 is 49.1 Å². The Morgan fingerprint density at radius 2 is 2.21 bits per heavy atom. The summed E-state index contributed by atoms with van der Waals surface area (Å²) in [5.41, 5.74) is 0. The first-order valence-corrected chi connectivity index (χ1v) is 7.31. The molecule has 0 aliphatic carbocycles. The van der Waals surface area contributed by atoms with Crippen molar-refractivity contribution in [3.63, 3.8) is 0 Å². The highest BCUT2D eigenvalue weighted by Gasteiger charge is 2.01. The zero-order valence-corrected chi connectivity index (χ0v) is 11.1. The van der Waals surface area contributed by atoms with Crippen LogP contribution in [0.4, 0.5) is 0 Å². The van der Waals surface area contributed by atoms with Crippen LogP contribution in [0.1, 0.15) is 11.8 Å². The molecule has 0 aliphatic heterocycles. The van der Waals surface area contributed by atoms with Gasteiger partial charge in [0.05, 0.1) is 0 Å². The van der Waals surface area contributed by atoms with Crippen molar-refractivity contribution < 1.29 is 0 Å². The van der Waals surface area contributed by atoms with Gasteiger partial charge in [0.15, 0.2) is 0 Å². The van der Waals surface area contributed by atoms with E-state index >= 15 is 0 Å². The first-order valence-electron chi connectivity index (χ1n) is 4.55. The molecule has 0 nitrogen and oxygen atoms in total. The summed E-state index contributed by atoms with van der Waals surface area (Å²) in [5, 5.41) is 1.36. The van der Waals surface area contributed by atoms with E-state index in [1.165, 1.54) is 20.7 Å². The van der Waals surface area contributed by atoms with Crippen LogP contribution in [0.5, 0.6) is 0 Å². The molecule has 2 aromatic rings. The van der Waals surface area contributed by atoms with Gasteiger partial charge >= 0.3 is 0 Å². The molecule has 74 valence electrons. The van der Waals surface area contributed by atoms with Gasteiger partial charge in [-0.25, -0.2) is 0 Å². The maximum Gasteiger partial charge on any atom is 0.0346 e. The Kier molecular flexibility index (Phi) is 3.52. The standard InChI is InChI=1S/C11H11BrS2/c1-2-13-7-10-6-8-5-9(12)3-4-11(8)14-10/h3-6H,2,7H2,1H3. The number of hydrogen-bond donors (Lipinski definition) is 0. The first kappa shape index (κ1) is 10.5. The molecular formula is C11H11BrS2. The van der Waals surface area contributed by atoms with Gasteiger partial charge in [-0.15, -0.1) is 11.3 Å². The van der Waals surface area contributed by atoms with Crippen LogP contribution in [0, 0.1) is 0 Å². The minimum absolute atomic E-state index is 1.15. The lowest BCUT2D eigenvalue weighted by atomic mass is 10.2. The molecule has 0 bridgehead atoms. The average Bonchev–Trinajstić information content (AvgIpc) is 2.56. The zero-order chi connectivity index (χ0) is 9.97. The first-order chi connectivity index (χ1) is 6.79.